The number of hydrogen-bond acceptors (Lipinski definition) is 2. The highest BCUT2D eigenvalue weighted by Gasteiger charge is 2.27. The molecule has 0 atom stereocenters. The van der Waals surface area contributed by atoms with Gasteiger partial charge in [-0.2, -0.15) is 5.10 Å². The number of carbonyl (C=O) groups excluding carboxylic acids is 1. The minimum atomic E-state index is -0.376. The first-order valence-corrected chi connectivity index (χ1v) is 5.21. The van der Waals surface area contributed by atoms with E-state index in [0.29, 0.717) is 11.4 Å². The van der Waals surface area contributed by atoms with Crippen molar-refractivity contribution in [2.24, 2.45) is 0 Å². The number of rotatable bonds is 2. The Hall–Kier alpha value is -1.39. The topological polar surface area (TPSA) is 46.9 Å². The molecule has 5 heteroatoms. The van der Waals surface area contributed by atoms with Crippen molar-refractivity contribution in [2.45, 2.75) is 39.7 Å². The van der Waals surface area contributed by atoms with Crippen LogP contribution in [0.2, 0.25) is 0 Å². The van der Waals surface area contributed by atoms with Crippen LogP contribution in [0.15, 0.2) is 0 Å². The smallest absolute Gasteiger partial charge is 0.241 e. The van der Waals surface area contributed by atoms with Crippen LogP contribution in [0.5, 0.6) is 0 Å². The fraction of sp³-hybridized carbons (Fsp3) is 0.636. The number of aryl methyl sites for hydroxylation is 1. The van der Waals surface area contributed by atoms with Gasteiger partial charge < -0.3 is 5.32 Å². The molecule has 0 fully saturated rings. The summed E-state index contributed by atoms with van der Waals surface area (Å²) in [4.78, 5) is 11.3. The van der Waals surface area contributed by atoms with Crippen LogP contribution in [-0.4, -0.2) is 22.7 Å². The second-order valence-electron chi connectivity index (χ2n) is 4.83. The largest absolute Gasteiger partial charge is 0.358 e. The van der Waals surface area contributed by atoms with Crippen molar-refractivity contribution in [3.8, 4) is 0 Å². The van der Waals surface area contributed by atoms with E-state index < -0.39 is 0 Å². The summed E-state index contributed by atoms with van der Waals surface area (Å²) in [5.74, 6) is -0.510. The lowest BCUT2D eigenvalue weighted by molar-refractivity contribution is -0.121. The lowest BCUT2D eigenvalue weighted by atomic mass is 9.91. The van der Waals surface area contributed by atoms with Crippen LogP contribution in [0.4, 0.5) is 4.39 Å². The quantitative estimate of drug-likeness (QED) is 0.829. The molecular weight excluding hydrogens is 209 g/mol. The van der Waals surface area contributed by atoms with Gasteiger partial charge in [-0.1, -0.05) is 20.8 Å². The summed E-state index contributed by atoms with van der Waals surface area (Å²) in [6.07, 6.45) is 0. The minimum absolute atomic E-state index is 0.0495. The summed E-state index contributed by atoms with van der Waals surface area (Å²) in [5, 5.41) is 6.54. The molecule has 1 amide bonds. The number of hydrogen-bond donors (Lipinski definition) is 1. The van der Waals surface area contributed by atoms with Crippen LogP contribution in [0.3, 0.4) is 0 Å². The third-order valence-corrected chi connectivity index (χ3v) is 2.34. The Balaban J connectivity index is 3.19. The van der Waals surface area contributed by atoms with Crippen molar-refractivity contribution >= 4 is 5.91 Å². The van der Waals surface area contributed by atoms with Crippen molar-refractivity contribution in [2.75, 3.05) is 7.05 Å². The number of nitrogens with zero attached hydrogens (tertiary/aromatic N) is 2. The lowest BCUT2D eigenvalue weighted by Crippen LogP contribution is -2.28. The second kappa shape index (κ2) is 4.23. The molecule has 4 nitrogen and oxygen atoms in total. The normalized spacial score (nSPS) is 11.6. The molecule has 0 spiro atoms. The SMILES string of the molecule is CNC(=O)Cn1nc(C)c(F)c1C(C)(C)C. The summed E-state index contributed by atoms with van der Waals surface area (Å²) in [6.45, 7) is 7.34. The Morgan fingerprint density at radius 2 is 2.06 bits per heavy atom. The van der Waals surface area contributed by atoms with Gasteiger partial charge in [0.05, 0.1) is 11.4 Å². The van der Waals surface area contributed by atoms with Crippen molar-refractivity contribution in [1.82, 2.24) is 15.1 Å². The number of carbonyl (C=O) groups is 1. The van der Waals surface area contributed by atoms with E-state index in [0.717, 1.165) is 0 Å². The van der Waals surface area contributed by atoms with Crippen molar-refractivity contribution in [1.29, 1.82) is 0 Å². The molecule has 0 aromatic carbocycles. The van der Waals surface area contributed by atoms with Gasteiger partial charge in [-0.25, -0.2) is 4.39 Å². The van der Waals surface area contributed by atoms with Crippen LogP contribution >= 0.6 is 0 Å². The van der Waals surface area contributed by atoms with Crippen molar-refractivity contribution in [3.63, 3.8) is 0 Å². The van der Waals surface area contributed by atoms with Gasteiger partial charge in [0, 0.05) is 12.5 Å². The third kappa shape index (κ3) is 2.40. The van der Waals surface area contributed by atoms with E-state index in [2.05, 4.69) is 10.4 Å². The van der Waals surface area contributed by atoms with E-state index >= 15 is 0 Å². The van der Waals surface area contributed by atoms with Gasteiger partial charge >= 0.3 is 0 Å². The molecule has 0 aliphatic heterocycles. The molecule has 0 aliphatic carbocycles. The first-order valence-electron chi connectivity index (χ1n) is 5.21. The highest BCUT2D eigenvalue weighted by atomic mass is 19.1. The van der Waals surface area contributed by atoms with E-state index in [1.807, 2.05) is 20.8 Å². The first-order chi connectivity index (χ1) is 7.27. The van der Waals surface area contributed by atoms with Gasteiger partial charge in [-0.15, -0.1) is 0 Å². The predicted molar refractivity (Wildman–Crippen MR) is 59.7 cm³/mol. The predicted octanol–water partition coefficient (Wildman–Crippen LogP) is 1.37. The molecule has 0 saturated heterocycles. The molecule has 0 radical (unpaired) electrons. The van der Waals surface area contributed by atoms with Gasteiger partial charge in [0.2, 0.25) is 5.91 Å². The summed E-state index contributed by atoms with van der Waals surface area (Å²) < 4.78 is 15.3. The standard InChI is InChI=1S/C11H18FN3O/c1-7-9(12)10(11(2,3)4)15(14-7)6-8(16)13-5/h6H2,1-5H3,(H,13,16). The van der Waals surface area contributed by atoms with Gasteiger partial charge in [0.25, 0.3) is 0 Å². The molecule has 1 aromatic heterocycles. The number of nitrogens with one attached hydrogen (secondary N) is 1. The molecule has 1 heterocycles. The van der Waals surface area contributed by atoms with Crippen LogP contribution in [0.1, 0.15) is 32.2 Å². The van der Waals surface area contributed by atoms with Gasteiger partial charge in [-0.05, 0) is 6.92 Å². The summed E-state index contributed by atoms with van der Waals surface area (Å²) in [7, 11) is 1.55. The van der Waals surface area contributed by atoms with E-state index in [9.17, 15) is 9.18 Å². The van der Waals surface area contributed by atoms with Crippen LogP contribution in [-0.2, 0) is 16.8 Å². The average molecular weight is 227 g/mol. The lowest BCUT2D eigenvalue weighted by Gasteiger charge is -2.20. The minimum Gasteiger partial charge on any atom is -0.358 e. The molecule has 90 valence electrons. The third-order valence-electron chi connectivity index (χ3n) is 2.34. The molecule has 0 saturated carbocycles. The van der Waals surface area contributed by atoms with Crippen LogP contribution in [0, 0.1) is 12.7 Å². The Morgan fingerprint density at radius 3 is 2.50 bits per heavy atom. The number of likely N-dealkylation sites (N-methyl/N-ethyl adjacent to an activating group) is 1. The van der Waals surface area contributed by atoms with Crippen molar-refractivity contribution < 1.29 is 9.18 Å². The molecule has 16 heavy (non-hydrogen) atoms. The van der Waals surface area contributed by atoms with E-state index in [-0.39, 0.29) is 23.7 Å². The maximum absolute atomic E-state index is 13.9. The van der Waals surface area contributed by atoms with E-state index in [1.54, 1.807) is 14.0 Å². The van der Waals surface area contributed by atoms with E-state index in [1.165, 1.54) is 4.68 Å². The number of aromatic nitrogens is 2. The highest BCUT2D eigenvalue weighted by molar-refractivity contribution is 5.75. The molecule has 1 rings (SSSR count). The Bertz CT molecular complexity index is 404. The van der Waals surface area contributed by atoms with Gasteiger partial charge in [0.15, 0.2) is 5.82 Å². The number of halogens is 1. The zero-order valence-corrected chi connectivity index (χ0v) is 10.4. The Labute approximate surface area is 94.8 Å². The maximum Gasteiger partial charge on any atom is 0.241 e. The average Bonchev–Trinajstić information content (AvgIpc) is 2.41. The second-order valence-corrected chi connectivity index (χ2v) is 4.83. The summed E-state index contributed by atoms with van der Waals surface area (Å²) in [5.41, 5.74) is 0.418. The van der Waals surface area contributed by atoms with Crippen LogP contribution < -0.4 is 5.32 Å². The van der Waals surface area contributed by atoms with Crippen molar-refractivity contribution in [3.05, 3.63) is 17.2 Å². The highest BCUT2D eigenvalue weighted by Crippen LogP contribution is 2.26. The van der Waals surface area contributed by atoms with E-state index in [4.69, 9.17) is 0 Å². The Kier molecular flexibility index (Phi) is 3.35. The zero-order valence-electron chi connectivity index (χ0n) is 10.4. The first kappa shape index (κ1) is 12.7. The summed E-state index contributed by atoms with van der Waals surface area (Å²) >= 11 is 0. The Morgan fingerprint density at radius 1 is 1.50 bits per heavy atom. The zero-order chi connectivity index (χ0) is 12.5. The fourth-order valence-electron chi connectivity index (χ4n) is 1.61. The molecule has 0 bridgehead atoms. The molecule has 1 N–H and O–H groups in total. The molecular formula is C11H18FN3O. The maximum atomic E-state index is 13.9. The fourth-order valence-corrected chi connectivity index (χ4v) is 1.61. The summed E-state index contributed by atoms with van der Waals surface area (Å²) in [6, 6.07) is 0. The van der Waals surface area contributed by atoms with Gasteiger partial charge in [0.1, 0.15) is 6.54 Å². The number of amides is 1. The monoisotopic (exact) mass is 227 g/mol. The van der Waals surface area contributed by atoms with Crippen LogP contribution in [0.25, 0.3) is 0 Å². The molecule has 0 aliphatic rings. The molecule has 0 unspecified atom stereocenters. The molecule has 1 aromatic rings. The van der Waals surface area contributed by atoms with Gasteiger partial charge in [-0.3, -0.25) is 9.48 Å².